The number of benzene rings is 1. The van der Waals surface area contributed by atoms with Crippen LogP contribution in [0.15, 0.2) is 30.5 Å². The van der Waals surface area contributed by atoms with Gasteiger partial charge in [0.15, 0.2) is 6.29 Å². The van der Waals surface area contributed by atoms with E-state index in [9.17, 15) is 4.79 Å². The number of rotatable bonds is 4. The molecule has 0 spiro atoms. The van der Waals surface area contributed by atoms with Gasteiger partial charge in [-0.25, -0.2) is 0 Å². The van der Waals surface area contributed by atoms with Crippen LogP contribution in [0.5, 0.6) is 0 Å². The number of nitrogens with zero attached hydrogens (tertiary/aromatic N) is 2. The molecule has 1 amide bonds. The number of amides is 1. The van der Waals surface area contributed by atoms with E-state index in [0.29, 0.717) is 25.0 Å². The van der Waals surface area contributed by atoms with Crippen molar-refractivity contribution in [3.8, 4) is 0 Å². The average Bonchev–Trinajstić information content (AvgIpc) is 3.30. The third-order valence-corrected chi connectivity index (χ3v) is 5.44. The summed E-state index contributed by atoms with van der Waals surface area (Å²) in [4.78, 5) is 15.2. The second kappa shape index (κ2) is 7.41. The highest BCUT2D eigenvalue weighted by Crippen LogP contribution is 2.29. The summed E-state index contributed by atoms with van der Waals surface area (Å²) >= 11 is 0. The second-order valence-electron chi connectivity index (χ2n) is 7.85. The number of fused-ring (bicyclic) bond motifs is 1. The molecule has 140 valence electrons. The van der Waals surface area contributed by atoms with Crippen molar-refractivity contribution in [2.75, 3.05) is 26.3 Å². The Kier molecular flexibility index (Phi) is 5.00. The molecule has 2 aliphatic heterocycles. The van der Waals surface area contributed by atoms with Gasteiger partial charge in [0.05, 0.1) is 18.8 Å². The predicted molar refractivity (Wildman–Crippen MR) is 101 cm³/mol. The zero-order chi connectivity index (χ0) is 18.1. The van der Waals surface area contributed by atoms with E-state index in [1.54, 1.807) is 0 Å². The van der Waals surface area contributed by atoms with Gasteiger partial charge in [-0.05, 0) is 24.8 Å². The van der Waals surface area contributed by atoms with Crippen LogP contribution in [0.2, 0.25) is 0 Å². The maximum Gasteiger partial charge on any atom is 0.256 e. The summed E-state index contributed by atoms with van der Waals surface area (Å²) in [7, 11) is 0. The van der Waals surface area contributed by atoms with Crippen molar-refractivity contribution in [2.45, 2.75) is 39.5 Å². The van der Waals surface area contributed by atoms with Gasteiger partial charge in [-0.2, -0.15) is 0 Å². The molecular formula is C21H28N2O3. The Hall–Kier alpha value is -1.85. The molecule has 0 atom stereocenters. The van der Waals surface area contributed by atoms with E-state index in [4.69, 9.17) is 9.47 Å². The van der Waals surface area contributed by atoms with Crippen molar-refractivity contribution in [3.63, 3.8) is 0 Å². The third-order valence-electron chi connectivity index (χ3n) is 5.44. The number of likely N-dealkylation sites (tertiary alicyclic amines) is 1. The molecule has 2 aliphatic rings. The van der Waals surface area contributed by atoms with Gasteiger partial charge in [-0.3, -0.25) is 4.79 Å². The van der Waals surface area contributed by atoms with Crippen LogP contribution in [-0.4, -0.2) is 48.0 Å². The van der Waals surface area contributed by atoms with E-state index in [2.05, 4.69) is 30.5 Å². The van der Waals surface area contributed by atoms with Crippen LogP contribution in [0.25, 0.3) is 10.9 Å². The molecule has 5 nitrogen and oxygen atoms in total. The molecule has 0 bridgehead atoms. The molecule has 26 heavy (non-hydrogen) atoms. The van der Waals surface area contributed by atoms with Gasteiger partial charge in [0.2, 0.25) is 0 Å². The summed E-state index contributed by atoms with van der Waals surface area (Å²) in [6, 6.07) is 8.22. The maximum absolute atomic E-state index is 13.2. The Labute approximate surface area is 154 Å². The van der Waals surface area contributed by atoms with E-state index in [0.717, 1.165) is 48.9 Å². The van der Waals surface area contributed by atoms with Crippen LogP contribution in [0.1, 0.15) is 37.0 Å². The molecule has 2 fully saturated rings. The Morgan fingerprint density at radius 1 is 1.15 bits per heavy atom. The van der Waals surface area contributed by atoms with E-state index in [1.807, 2.05) is 23.2 Å². The second-order valence-corrected chi connectivity index (χ2v) is 7.85. The number of hydrogen-bond acceptors (Lipinski definition) is 3. The average molecular weight is 356 g/mol. The first-order valence-electron chi connectivity index (χ1n) is 9.74. The molecule has 2 aromatic rings. The van der Waals surface area contributed by atoms with Crippen LogP contribution in [0, 0.1) is 11.8 Å². The van der Waals surface area contributed by atoms with Gasteiger partial charge < -0.3 is 18.9 Å². The first kappa shape index (κ1) is 17.6. The van der Waals surface area contributed by atoms with Crippen molar-refractivity contribution in [3.05, 3.63) is 36.0 Å². The zero-order valence-electron chi connectivity index (χ0n) is 15.7. The van der Waals surface area contributed by atoms with Crippen LogP contribution in [-0.2, 0) is 16.0 Å². The zero-order valence-corrected chi connectivity index (χ0v) is 15.7. The summed E-state index contributed by atoms with van der Waals surface area (Å²) in [5.41, 5.74) is 1.97. The van der Waals surface area contributed by atoms with Gasteiger partial charge in [-0.1, -0.05) is 32.0 Å². The molecular weight excluding hydrogens is 328 g/mol. The van der Waals surface area contributed by atoms with Crippen LogP contribution in [0.3, 0.4) is 0 Å². The highest BCUT2D eigenvalue weighted by Gasteiger charge is 2.32. The molecule has 0 aliphatic carbocycles. The fourth-order valence-electron chi connectivity index (χ4n) is 4.16. The monoisotopic (exact) mass is 356 g/mol. The number of ether oxygens (including phenoxy) is 2. The molecule has 3 heterocycles. The molecule has 2 saturated heterocycles. The van der Waals surface area contributed by atoms with Crippen LogP contribution in [0.4, 0.5) is 0 Å². The third kappa shape index (κ3) is 3.38. The summed E-state index contributed by atoms with van der Waals surface area (Å²) < 4.78 is 13.5. The smallest absolute Gasteiger partial charge is 0.256 e. The fraction of sp³-hybridized carbons (Fsp3) is 0.571. The topological polar surface area (TPSA) is 43.7 Å². The first-order chi connectivity index (χ1) is 12.6. The van der Waals surface area contributed by atoms with E-state index in [1.165, 1.54) is 0 Å². The Morgan fingerprint density at radius 3 is 2.54 bits per heavy atom. The first-order valence-corrected chi connectivity index (χ1v) is 9.74. The number of hydrogen-bond donors (Lipinski definition) is 0. The van der Waals surface area contributed by atoms with Crippen molar-refractivity contribution < 1.29 is 14.3 Å². The minimum Gasteiger partial charge on any atom is -0.350 e. The lowest BCUT2D eigenvalue weighted by atomic mass is 9.95. The molecule has 0 saturated carbocycles. The Balaban J connectivity index is 1.51. The lowest BCUT2D eigenvalue weighted by Crippen LogP contribution is -2.41. The Bertz CT molecular complexity index is 769. The lowest BCUT2D eigenvalue weighted by Gasteiger charge is -2.33. The fourth-order valence-corrected chi connectivity index (χ4v) is 4.16. The summed E-state index contributed by atoms with van der Waals surface area (Å²) in [5, 5.41) is 1.06. The number of carbonyl (C=O) groups is 1. The number of carbonyl (C=O) groups excluding carboxylic acids is 1. The minimum absolute atomic E-state index is 0.0693. The molecule has 1 aromatic heterocycles. The van der Waals surface area contributed by atoms with Crippen molar-refractivity contribution in [2.24, 2.45) is 11.8 Å². The van der Waals surface area contributed by atoms with Gasteiger partial charge in [-0.15, -0.1) is 0 Å². The molecule has 5 heteroatoms. The standard InChI is InChI=1S/C21H28N2O3/c1-15(2)13-23-14-18(17-5-3-4-6-19(17)23)20(24)22-9-7-16(8-10-22)21-25-11-12-26-21/h3-6,14-16,21H,7-13H2,1-2H3. The highest BCUT2D eigenvalue weighted by atomic mass is 16.7. The van der Waals surface area contributed by atoms with E-state index >= 15 is 0 Å². The van der Waals surface area contributed by atoms with Crippen molar-refractivity contribution in [1.82, 2.24) is 9.47 Å². The minimum atomic E-state index is -0.0693. The van der Waals surface area contributed by atoms with E-state index < -0.39 is 0 Å². The van der Waals surface area contributed by atoms with Crippen molar-refractivity contribution >= 4 is 16.8 Å². The SMILES string of the molecule is CC(C)Cn1cc(C(=O)N2CCC(C3OCCO3)CC2)c2ccccc21. The highest BCUT2D eigenvalue weighted by molar-refractivity contribution is 6.07. The molecule has 0 N–H and O–H groups in total. The van der Waals surface area contributed by atoms with Gasteiger partial charge in [0.25, 0.3) is 5.91 Å². The molecule has 0 unspecified atom stereocenters. The Morgan fingerprint density at radius 2 is 1.85 bits per heavy atom. The van der Waals surface area contributed by atoms with Crippen molar-refractivity contribution in [1.29, 1.82) is 0 Å². The predicted octanol–water partition coefficient (Wildman–Crippen LogP) is 3.52. The summed E-state index contributed by atoms with van der Waals surface area (Å²) in [5.74, 6) is 1.09. The number of piperidine rings is 1. The van der Waals surface area contributed by atoms with Crippen LogP contribution < -0.4 is 0 Å². The number of para-hydroxylation sites is 1. The normalized spacial score (nSPS) is 19.7. The summed E-state index contributed by atoms with van der Waals surface area (Å²) in [6.45, 7) is 8.26. The van der Waals surface area contributed by atoms with Gasteiger partial charge in [0.1, 0.15) is 0 Å². The largest absolute Gasteiger partial charge is 0.350 e. The van der Waals surface area contributed by atoms with E-state index in [-0.39, 0.29) is 12.2 Å². The van der Waals surface area contributed by atoms with Gasteiger partial charge >= 0.3 is 0 Å². The number of aromatic nitrogens is 1. The van der Waals surface area contributed by atoms with Crippen LogP contribution >= 0.6 is 0 Å². The molecule has 4 rings (SSSR count). The maximum atomic E-state index is 13.2. The van der Waals surface area contributed by atoms with Gasteiger partial charge in [0, 0.05) is 42.7 Å². The molecule has 1 aromatic carbocycles. The molecule has 0 radical (unpaired) electrons. The quantitative estimate of drug-likeness (QED) is 0.842. The summed E-state index contributed by atoms with van der Waals surface area (Å²) in [6.07, 6.45) is 3.87. The lowest BCUT2D eigenvalue weighted by molar-refractivity contribution is -0.0956.